The number of aromatic nitrogens is 2. The van der Waals surface area contributed by atoms with Gasteiger partial charge in [0.2, 0.25) is 0 Å². The Morgan fingerprint density at radius 2 is 2.41 bits per heavy atom. The minimum atomic E-state index is -0.787. The molecule has 1 fully saturated rings. The second-order valence-electron chi connectivity index (χ2n) is 5.71. The molecule has 2 heterocycles. The van der Waals surface area contributed by atoms with Crippen molar-refractivity contribution in [3.05, 3.63) is 18.2 Å². The van der Waals surface area contributed by atoms with E-state index >= 15 is 0 Å². The number of carboxylic acid groups (broad SMARTS) is 1. The Kier molecular flexibility index (Phi) is 6.32. The van der Waals surface area contributed by atoms with Gasteiger partial charge in [0.05, 0.1) is 19.3 Å². The smallest absolute Gasteiger partial charge is 0.317 e. The van der Waals surface area contributed by atoms with E-state index in [-0.39, 0.29) is 12.7 Å². The van der Waals surface area contributed by atoms with Gasteiger partial charge in [-0.3, -0.25) is 19.9 Å². The van der Waals surface area contributed by atoms with Crippen molar-refractivity contribution < 1.29 is 9.90 Å². The van der Waals surface area contributed by atoms with Crippen LogP contribution in [0.3, 0.4) is 0 Å². The van der Waals surface area contributed by atoms with Crippen LogP contribution in [-0.2, 0) is 18.4 Å². The molecule has 0 saturated carbocycles. The highest BCUT2D eigenvalue weighted by Gasteiger charge is 2.23. The van der Waals surface area contributed by atoms with Crippen LogP contribution in [0.2, 0.25) is 0 Å². The van der Waals surface area contributed by atoms with Gasteiger partial charge in [-0.15, -0.1) is 0 Å². The fraction of sp³-hybridized carbons (Fsp3) is 0.714. The second-order valence-corrected chi connectivity index (χ2v) is 5.71. The van der Waals surface area contributed by atoms with Gasteiger partial charge in [0.25, 0.3) is 0 Å². The maximum Gasteiger partial charge on any atom is 0.317 e. The lowest BCUT2D eigenvalue weighted by Crippen LogP contribution is -2.47. The Labute approximate surface area is 131 Å². The number of likely N-dealkylation sites (N-methyl/N-ethyl adjacent to an activating group) is 1. The van der Waals surface area contributed by atoms with Gasteiger partial charge in [-0.2, -0.15) is 0 Å². The average Bonchev–Trinajstić information content (AvgIpc) is 3.04. The Hall–Kier alpha value is -1.48. The highest BCUT2D eigenvalue weighted by atomic mass is 16.4. The van der Waals surface area contributed by atoms with Crippen molar-refractivity contribution in [2.24, 2.45) is 7.05 Å². The van der Waals surface area contributed by atoms with Gasteiger partial charge in [0.1, 0.15) is 5.82 Å². The molecule has 2 rings (SSSR count). The molecule has 0 spiro atoms. The summed E-state index contributed by atoms with van der Waals surface area (Å²) in [7, 11) is 4.02. The van der Waals surface area contributed by atoms with Gasteiger partial charge in [0.15, 0.2) is 0 Å². The molecule has 1 saturated heterocycles. The van der Waals surface area contributed by atoms with Crippen LogP contribution in [0.1, 0.15) is 5.82 Å². The lowest BCUT2D eigenvalue weighted by molar-refractivity contribution is -0.138. The van der Waals surface area contributed by atoms with Crippen LogP contribution in [0.25, 0.3) is 0 Å². The van der Waals surface area contributed by atoms with Crippen LogP contribution in [0.5, 0.6) is 0 Å². The van der Waals surface area contributed by atoms with Crippen LogP contribution in [-0.4, -0.2) is 82.9 Å². The molecular weight excluding hydrogens is 284 g/mol. The Bertz CT molecular complexity index is 478. The summed E-state index contributed by atoms with van der Waals surface area (Å²) in [5, 5.41) is 15.8. The first-order valence-electron chi connectivity index (χ1n) is 7.61. The van der Waals surface area contributed by atoms with Gasteiger partial charge in [0, 0.05) is 52.2 Å². The molecule has 0 bridgehead atoms. The molecule has 1 aromatic rings. The van der Waals surface area contributed by atoms with E-state index in [1.165, 1.54) is 0 Å². The SMILES string of the molecule is CN1CCNC1CN(CCNCc1nccn1C)CC(=O)O. The van der Waals surface area contributed by atoms with E-state index in [2.05, 4.69) is 27.6 Å². The predicted molar refractivity (Wildman–Crippen MR) is 83.4 cm³/mol. The molecule has 1 aliphatic heterocycles. The summed E-state index contributed by atoms with van der Waals surface area (Å²) < 4.78 is 1.97. The number of aryl methyl sites for hydroxylation is 1. The van der Waals surface area contributed by atoms with Gasteiger partial charge in [-0.1, -0.05) is 0 Å². The van der Waals surface area contributed by atoms with Gasteiger partial charge >= 0.3 is 5.97 Å². The lowest BCUT2D eigenvalue weighted by Gasteiger charge is -2.27. The lowest BCUT2D eigenvalue weighted by atomic mass is 10.3. The zero-order valence-corrected chi connectivity index (χ0v) is 13.3. The number of nitrogens with zero attached hydrogens (tertiary/aromatic N) is 4. The molecule has 1 aliphatic rings. The molecular formula is C14H26N6O2. The number of aliphatic carboxylic acids is 1. The Morgan fingerprint density at radius 1 is 1.59 bits per heavy atom. The van der Waals surface area contributed by atoms with E-state index in [0.29, 0.717) is 19.6 Å². The van der Waals surface area contributed by atoms with Crippen molar-refractivity contribution in [2.75, 3.05) is 46.3 Å². The Balaban J connectivity index is 1.74. The summed E-state index contributed by atoms with van der Waals surface area (Å²) in [5.41, 5.74) is 0. The van der Waals surface area contributed by atoms with Crippen molar-refractivity contribution in [3.63, 3.8) is 0 Å². The third kappa shape index (κ3) is 5.06. The van der Waals surface area contributed by atoms with Crippen molar-refractivity contribution in [1.82, 2.24) is 30.0 Å². The molecule has 8 heteroatoms. The van der Waals surface area contributed by atoms with E-state index in [1.807, 2.05) is 22.7 Å². The van der Waals surface area contributed by atoms with Crippen LogP contribution in [0, 0.1) is 0 Å². The van der Waals surface area contributed by atoms with Gasteiger partial charge in [-0.05, 0) is 7.05 Å². The first-order valence-corrected chi connectivity index (χ1v) is 7.61. The predicted octanol–water partition coefficient (Wildman–Crippen LogP) is -1.24. The van der Waals surface area contributed by atoms with E-state index < -0.39 is 5.97 Å². The molecule has 1 aromatic heterocycles. The minimum absolute atomic E-state index is 0.0656. The van der Waals surface area contributed by atoms with Gasteiger partial charge < -0.3 is 15.0 Å². The fourth-order valence-corrected chi connectivity index (χ4v) is 2.60. The van der Waals surface area contributed by atoms with E-state index in [4.69, 9.17) is 5.11 Å². The number of carbonyl (C=O) groups is 1. The summed E-state index contributed by atoms with van der Waals surface area (Å²) >= 11 is 0. The number of carboxylic acids is 1. The normalized spacial score (nSPS) is 19.1. The summed E-state index contributed by atoms with van der Waals surface area (Å²) in [6, 6.07) is 0. The zero-order chi connectivity index (χ0) is 15.9. The monoisotopic (exact) mass is 310 g/mol. The van der Waals surface area contributed by atoms with E-state index in [0.717, 1.165) is 25.5 Å². The number of hydrogen-bond acceptors (Lipinski definition) is 6. The van der Waals surface area contributed by atoms with Crippen molar-refractivity contribution in [3.8, 4) is 0 Å². The van der Waals surface area contributed by atoms with E-state index in [9.17, 15) is 4.79 Å². The summed E-state index contributed by atoms with van der Waals surface area (Å²) in [4.78, 5) is 19.5. The van der Waals surface area contributed by atoms with Crippen LogP contribution < -0.4 is 10.6 Å². The molecule has 1 unspecified atom stereocenters. The maximum absolute atomic E-state index is 11.0. The van der Waals surface area contributed by atoms with Crippen LogP contribution >= 0.6 is 0 Å². The molecule has 3 N–H and O–H groups in total. The molecule has 0 radical (unpaired) electrons. The number of hydrogen-bond donors (Lipinski definition) is 3. The number of imidazole rings is 1. The summed E-state index contributed by atoms with van der Waals surface area (Å²) in [6.45, 7) is 4.86. The standard InChI is InChI=1S/C14H26N6O2/c1-18-6-4-16-12(18)9-15-3-8-20(11-14(21)22)10-13-17-5-7-19(13)2/h4,6,13,15,17H,3,5,7-11H2,1-2H3,(H,21,22). The van der Waals surface area contributed by atoms with Crippen molar-refractivity contribution in [1.29, 1.82) is 0 Å². The molecule has 22 heavy (non-hydrogen) atoms. The highest BCUT2D eigenvalue weighted by molar-refractivity contribution is 5.69. The average molecular weight is 310 g/mol. The molecule has 1 atom stereocenters. The largest absolute Gasteiger partial charge is 0.480 e. The van der Waals surface area contributed by atoms with Gasteiger partial charge in [-0.25, -0.2) is 4.98 Å². The number of rotatable bonds is 9. The maximum atomic E-state index is 11.0. The number of nitrogens with one attached hydrogen (secondary N) is 2. The van der Waals surface area contributed by atoms with Crippen LogP contribution in [0.4, 0.5) is 0 Å². The van der Waals surface area contributed by atoms with Crippen molar-refractivity contribution in [2.45, 2.75) is 12.7 Å². The van der Waals surface area contributed by atoms with Crippen LogP contribution in [0.15, 0.2) is 12.4 Å². The first-order chi connectivity index (χ1) is 10.6. The summed E-state index contributed by atoms with van der Waals surface area (Å²) in [5.74, 6) is 0.187. The fourth-order valence-electron chi connectivity index (χ4n) is 2.60. The minimum Gasteiger partial charge on any atom is -0.480 e. The summed E-state index contributed by atoms with van der Waals surface area (Å²) in [6.07, 6.45) is 3.92. The highest BCUT2D eigenvalue weighted by Crippen LogP contribution is 2.02. The molecule has 0 aliphatic carbocycles. The topological polar surface area (TPSA) is 85.7 Å². The first kappa shape index (κ1) is 16.9. The molecule has 0 amide bonds. The van der Waals surface area contributed by atoms with E-state index in [1.54, 1.807) is 6.20 Å². The molecule has 124 valence electrons. The third-order valence-electron chi connectivity index (χ3n) is 3.98. The molecule has 8 nitrogen and oxygen atoms in total. The Morgan fingerprint density at radius 3 is 3.00 bits per heavy atom. The zero-order valence-electron chi connectivity index (χ0n) is 13.3. The quantitative estimate of drug-likeness (QED) is 0.492. The third-order valence-corrected chi connectivity index (χ3v) is 3.98. The van der Waals surface area contributed by atoms with Crippen molar-refractivity contribution >= 4 is 5.97 Å². The molecule has 0 aromatic carbocycles. The second kappa shape index (κ2) is 8.23.